The fourth-order valence-corrected chi connectivity index (χ4v) is 1.95. The van der Waals surface area contributed by atoms with E-state index >= 15 is 0 Å². The summed E-state index contributed by atoms with van der Waals surface area (Å²) >= 11 is 0. The van der Waals surface area contributed by atoms with Crippen molar-refractivity contribution in [3.63, 3.8) is 0 Å². The highest BCUT2D eigenvalue weighted by molar-refractivity contribution is 5.79. The molecule has 5 heteroatoms. The van der Waals surface area contributed by atoms with Crippen molar-refractivity contribution in [2.75, 3.05) is 7.05 Å². The van der Waals surface area contributed by atoms with Crippen LogP contribution in [-0.2, 0) is 13.1 Å². The van der Waals surface area contributed by atoms with Gasteiger partial charge in [0, 0.05) is 20.1 Å². The molecule has 2 rings (SSSR count). The molecule has 0 saturated carbocycles. The van der Waals surface area contributed by atoms with Gasteiger partial charge in [-0.05, 0) is 35.4 Å². The van der Waals surface area contributed by atoms with Crippen LogP contribution < -0.4 is 10.6 Å². The highest BCUT2D eigenvalue weighted by atomic mass is 19.1. The molecule has 0 spiro atoms. The van der Waals surface area contributed by atoms with Crippen LogP contribution in [0.3, 0.4) is 0 Å². The molecule has 0 saturated heterocycles. The van der Waals surface area contributed by atoms with E-state index < -0.39 is 0 Å². The van der Waals surface area contributed by atoms with E-state index in [0.717, 1.165) is 11.1 Å². The van der Waals surface area contributed by atoms with Crippen molar-refractivity contribution >= 4 is 5.96 Å². The number of nitrogens with one attached hydrogen (secondary N) is 2. The van der Waals surface area contributed by atoms with Crippen molar-refractivity contribution < 1.29 is 4.39 Å². The van der Waals surface area contributed by atoms with Crippen molar-refractivity contribution in [2.45, 2.75) is 13.1 Å². The molecule has 0 bridgehead atoms. The largest absolute Gasteiger partial charge is 0.352 e. The molecule has 4 nitrogen and oxygen atoms in total. The van der Waals surface area contributed by atoms with Crippen molar-refractivity contribution in [1.29, 1.82) is 5.26 Å². The van der Waals surface area contributed by atoms with Crippen LogP contribution in [0.1, 0.15) is 16.7 Å². The molecule has 0 amide bonds. The van der Waals surface area contributed by atoms with Crippen molar-refractivity contribution in [3.05, 3.63) is 71.0 Å². The number of benzene rings is 2. The van der Waals surface area contributed by atoms with Gasteiger partial charge in [0.2, 0.25) is 0 Å². The summed E-state index contributed by atoms with van der Waals surface area (Å²) in [5.74, 6) is 0.398. The third kappa shape index (κ3) is 4.60. The Labute approximate surface area is 129 Å². The normalized spacial score (nSPS) is 10.9. The number of hydrogen-bond acceptors (Lipinski definition) is 2. The zero-order valence-corrected chi connectivity index (χ0v) is 12.3. The van der Waals surface area contributed by atoms with Crippen LogP contribution in [0.4, 0.5) is 4.39 Å². The first-order valence-electron chi connectivity index (χ1n) is 6.89. The van der Waals surface area contributed by atoms with Gasteiger partial charge in [-0.3, -0.25) is 4.99 Å². The van der Waals surface area contributed by atoms with E-state index in [1.54, 1.807) is 25.2 Å². The molecule has 0 fully saturated rings. The van der Waals surface area contributed by atoms with Gasteiger partial charge in [-0.15, -0.1) is 0 Å². The number of hydrogen-bond donors (Lipinski definition) is 2. The average molecular weight is 296 g/mol. The molecule has 0 aromatic heterocycles. The Bertz CT molecular complexity index is 687. The Morgan fingerprint density at radius 1 is 1.09 bits per heavy atom. The van der Waals surface area contributed by atoms with Crippen molar-refractivity contribution in [2.24, 2.45) is 4.99 Å². The summed E-state index contributed by atoms with van der Waals surface area (Å²) in [5, 5.41) is 15.2. The van der Waals surface area contributed by atoms with E-state index in [2.05, 4.69) is 21.7 Å². The van der Waals surface area contributed by atoms with Crippen LogP contribution in [-0.4, -0.2) is 13.0 Å². The van der Waals surface area contributed by atoms with Crippen LogP contribution in [0.5, 0.6) is 0 Å². The zero-order chi connectivity index (χ0) is 15.8. The maximum absolute atomic E-state index is 12.8. The lowest BCUT2D eigenvalue weighted by atomic mass is 10.1. The van der Waals surface area contributed by atoms with Crippen LogP contribution in [0.2, 0.25) is 0 Å². The fourth-order valence-electron chi connectivity index (χ4n) is 1.95. The third-order valence-electron chi connectivity index (χ3n) is 3.11. The zero-order valence-electron chi connectivity index (χ0n) is 12.3. The lowest BCUT2D eigenvalue weighted by Crippen LogP contribution is -2.36. The van der Waals surface area contributed by atoms with Gasteiger partial charge in [0.15, 0.2) is 5.96 Å². The number of aliphatic imine (C=N–C) groups is 1. The first-order chi connectivity index (χ1) is 10.7. The number of nitrogens with zero attached hydrogens (tertiary/aromatic N) is 2. The standard InChI is InChI=1S/C17H17FN4/c1-20-17(21-11-13-5-7-16(18)8-6-13)22-12-15-4-2-3-14(9-15)10-19/h2-9H,11-12H2,1H3,(H2,20,21,22). The molecular formula is C17H17FN4. The van der Waals surface area contributed by atoms with Gasteiger partial charge in [0.1, 0.15) is 5.82 Å². The Hall–Kier alpha value is -2.87. The maximum Gasteiger partial charge on any atom is 0.191 e. The molecule has 2 aromatic carbocycles. The first kappa shape index (κ1) is 15.5. The molecule has 2 aromatic rings. The van der Waals surface area contributed by atoms with Gasteiger partial charge < -0.3 is 10.6 Å². The number of rotatable bonds is 4. The molecule has 112 valence electrons. The Morgan fingerprint density at radius 2 is 1.77 bits per heavy atom. The van der Waals surface area contributed by atoms with Crippen molar-refractivity contribution in [1.82, 2.24) is 10.6 Å². The van der Waals surface area contributed by atoms with E-state index in [9.17, 15) is 4.39 Å². The minimum atomic E-state index is -0.247. The summed E-state index contributed by atoms with van der Waals surface area (Å²) in [6, 6.07) is 15.8. The van der Waals surface area contributed by atoms with Crippen molar-refractivity contribution in [3.8, 4) is 6.07 Å². The summed E-state index contributed by atoms with van der Waals surface area (Å²) in [6.07, 6.45) is 0. The molecule has 0 heterocycles. The first-order valence-corrected chi connectivity index (χ1v) is 6.89. The monoisotopic (exact) mass is 296 g/mol. The molecule has 22 heavy (non-hydrogen) atoms. The van der Waals surface area contributed by atoms with Gasteiger partial charge in [0.05, 0.1) is 11.6 Å². The van der Waals surface area contributed by atoms with E-state index in [-0.39, 0.29) is 5.82 Å². The summed E-state index contributed by atoms with van der Waals surface area (Å²) < 4.78 is 12.8. The second kappa shape index (κ2) is 7.79. The summed E-state index contributed by atoms with van der Waals surface area (Å²) in [5.41, 5.74) is 2.60. The SMILES string of the molecule is CN=C(NCc1ccc(F)cc1)NCc1cccc(C#N)c1. The molecule has 0 radical (unpaired) electrons. The Morgan fingerprint density at radius 3 is 2.41 bits per heavy atom. The predicted molar refractivity (Wildman–Crippen MR) is 84.6 cm³/mol. The molecular weight excluding hydrogens is 279 g/mol. The molecule has 0 aliphatic carbocycles. The van der Waals surface area contributed by atoms with E-state index in [1.807, 2.05) is 18.2 Å². The maximum atomic E-state index is 12.8. The lowest BCUT2D eigenvalue weighted by molar-refractivity contribution is 0.626. The third-order valence-corrected chi connectivity index (χ3v) is 3.11. The van der Waals surface area contributed by atoms with E-state index in [4.69, 9.17) is 5.26 Å². The smallest absolute Gasteiger partial charge is 0.191 e. The Kier molecular flexibility index (Phi) is 5.50. The van der Waals surface area contributed by atoms with Gasteiger partial charge in [-0.25, -0.2) is 4.39 Å². The summed E-state index contributed by atoms with van der Waals surface area (Å²) in [4.78, 5) is 4.13. The van der Waals surface area contributed by atoms with E-state index in [0.29, 0.717) is 24.6 Å². The predicted octanol–water partition coefficient (Wildman–Crippen LogP) is 2.56. The van der Waals surface area contributed by atoms with Gasteiger partial charge in [0.25, 0.3) is 0 Å². The van der Waals surface area contributed by atoms with Crippen LogP contribution in [0.25, 0.3) is 0 Å². The van der Waals surface area contributed by atoms with Crippen LogP contribution in [0, 0.1) is 17.1 Å². The van der Waals surface area contributed by atoms with Crippen LogP contribution in [0.15, 0.2) is 53.5 Å². The quantitative estimate of drug-likeness (QED) is 0.673. The summed E-state index contributed by atoms with van der Waals surface area (Å²) in [7, 11) is 1.69. The fraction of sp³-hybridized carbons (Fsp3) is 0.176. The summed E-state index contributed by atoms with van der Waals surface area (Å²) in [6.45, 7) is 1.12. The van der Waals surface area contributed by atoms with Crippen LogP contribution >= 0.6 is 0 Å². The molecule has 0 unspecified atom stereocenters. The minimum absolute atomic E-state index is 0.247. The Balaban J connectivity index is 1.87. The molecule has 0 atom stereocenters. The second-order valence-corrected chi connectivity index (χ2v) is 4.72. The van der Waals surface area contributed by atoms with Gasteiger partial charge in [-0.2, -0.15) is 5.26 Å². The number of guanidine groups is 1. The topological polar surface area (TPSA) is 60.2 Å². The average Bonchev–Trinajstić information content (AvgIpc) is 2.57. The highest BCUT2D eigenvalue weighted by Gasteiger charge is 2.00. The number of halogens is 1. The second-order valence-electron chi connectivity index (χ2n) is 4.72. The minimum Gasteiger partial charge on any atom is -0.352 e. The number of nitriles is 1. The molecule has 0 aliphatic heterocycles. The lowest BCUT2D eigenvalue weighted by Gasteiger charge is -2.12. The van der Waals surface area contributed by atoms with E-state index in [1.165, 1.54) is 12.1 Å². The highest BCUT2D eigenvalue weighted by Crippen LogP contribution is 2.04. The van der Waals surface area contributed by atoms with Gasteiger partial charge in [-0.1, -0.05) is 24.3 Å². The van der Waals surface area contributed by atoms with Gasteiger partial charge >= 0.3 is 0 Å². The molecule has 0 aliphatic rings. The molecule has 2 N–H and O–H groups in total.